The Morgan fingerprint density at radius 2 is 1.27 bits per heavy atom. The Labute approximate surface area is 159 Å². The summed E-state index contributed by atoms with van der Waals surface area (Å²) in [7, 11) is -4.13. The van der Waals surface area contributed by atoms with Gasteiger partial charge < -0.3 is 9.66 Å². The SMILES string of the molecule is CCCCCCCCC(O)CCCCCC(C)S(=O)(=O)[O-].[Na+]. The van der Waals surface area contributed by atoms with Gasteiger partial charge >= 0.3 is 29.6 Å². The first-order valence-electron chi connectivity index (χ1n) is 8.50. The van der Waals surface area contributed by atoms with E-state index < -0.39 is 15.4 Å². The van der Waals surface area contributed by atoms with Gasteiger partial charge in [0.25, 0.3) is 0 Å². The van der Waals surface area contributed by atoms with Crippen LogP contribution in [0.15, 0.2) is 0 Å². The van der Waals surface area contributed by atoms with Crippen molar-refractivity contribution in [3.05, 3.63) is 0 Å². The average molecular weight is 344 g/mol. The fourth-order valence-corrected chi connectivity index (χ4v) is 2.89. The normalized spacial score (nSPS) is 14.4. The van der Waals surface area contributed by atoms with Crippen LogP contribution in [0.25, 0.3) is 0 Å². The van der Waals surface area contributed by atoms with Crippen molar-refractivity contribution in [2.24, 2.45) is 0 Å². The quantitative estimate of drug-likeness (QED) is 0.290. The number of aliphatic hydroxyl groups is 1. The second kappa shape index (κ2) is 15.4. The van der Waals surface area contributed by atoms with Crippen molar-refractivity contribution in [2.45, 2.75) is 102 Å². The molecule has 0 radical (unpaired) electrons. The van der Waals surface area contributed by atoms with Crippen LogP contribution in [-0.2, 0) is 10.1 Å². The first-order chi connectivity index (χ1) is 9.88. The Hall–Kier alpha value is 0.870. The smallest absolute Gasteiger partial charge is 0.748 e. The molecule has 6 heteroatoms. The van der Waals surface area contributed by atoms with Crippen LogP contribution >= 0.6 is 0 Å². The molecule has 0 bridgehead atoms. The molecular weight excluding hydrogens is 311 g/mol. The zero-order valence-corrected chi connectivity index (χ0v) is 17.5. The number of hydrogen-bond acceptors (Lipinski definition) is 4. The largest absolute Gasteiger partial charge is 1.00 e. The van der Waals surface area contributed by atoms with Crippen LogP contribution in [0.3, 0.4) is 0 Å². The van der Waals surface area contributed by atoms with Crippen molar-refractivity contribution in [3.63, 3.8) is 0 Å². The second-order valence-corrected chi connectivity index (χ2v) is 7.94. The molecule has 22 heavy (non-hydrogen) atoms. The van der Waals surface area contributed by atoms with E-state index in [1.807, 2.05) is 0 Å². The zero-order valence-electron chi connectivity index (χ0n) is 14.7. The summed E-state index contributed by atoms with van der Waals surface area (Å²) in [5, 5.41) is 9.06. The average Bonchev–Trinajstić information content (AvgIpc) is 2.41. The van der Waals surface area contributed by atoms with Gasteiger partial charge in [-0.25, -0.2) is 8.42 Å². The first kappa shape index (κ1) is 25.1. The molecule has 0 aromatic rings. The van der Waals surface area contributed by atoms with E-state index in [0.29, 0.717) is 6.42 Å². The summed E-state index contributed by atoms with van der Waals surface area (Å²) in [4.78, 5) is 0. The monoisotopic (exact) mass is 344 g/mol. The van der Waals surface area contributed by atoms with Crippen LogP contribution in [0, 0.1) is 0 Å². The molecule has 0 aliphatic heterocycles. The molecular formula is C16H33NaO4S. The number of unbranched alkanes of at least 4 members (excludes halogenated alkanes) is 7. The molecule has 0 heterocycles. The van der Waals surface area contributed by atoms with Gasteiger partial charge in [-0.3, -0.25) is 0 Å². The number of aliphatic hydroxyl groups excluding tert-OH is 1. The summed E-state index contributed by atoms with van der Waals surface area (Å²) in [6.07, 6.45) is 11.8. The minimum absolute atomic E-state index is 0. The Morgan fingerprint density at radius 3 is 1.77 bits per heavy atom. The van der Waals surface area contributed by atoms with Crippen molar-refractivity contribution in [1.29, 1.82) is 0 Å². The third-order valence-electron chi connectivity index (χ3n) is 4.03. The third-order valence-corrected chi connectivity index (χ3v) is 5.25. The Kier molecular flexibility index (Phi) is 17.6. The van der Waals surface area contributed by atoms with Gasteiger partial charge in [0, 0.05) is 5.25 Å². The van der Waals surface area contributed by atoms with Crippen molar-refractivity contribution >= 4 is 10.1 Å². The van der Waals surface area contributed by atoms with Crippen molar-refractivity contribution < 1.29 is 47.6 Å². The molecule has 4 nitrogen and oxygen atoms in total. The van der Waals surface area contributed by atoms with Crippen LogP contribution in [0.4, 0.5) is 0 Å². The van der Waals surface area contributed by atoms with E-state index >= 15 is 0 Å². The molecule has 0 aromatic carbocycles. The van der Waals surface area contributed by atoms with Gasteiger partial charge in [0.1, 0.15) is 0 Å². The maximum Gasteiger partial charge on any atom is 1.00 e. The minimum atomic E-state index is -4.13. The Balaban J connectivity index is 0. The molecule has 0 saturated carbocycles. The van der Waals surface area contributed by atoms with Gasteiger partial charge in [-0.05, 0) is 26.2 Å². The van der Waals surface area contributed by atoms with Crippen LogP contribution in [0.1, 0.15) is 90.9 Å². The Bertz CT molecular complexity index is 333. The molecule has 0 aliphatic carbocycles. The van der Waals surface area contributed by atoms with E-state index in [9.17, 15) is 18.1 Å². The molecule has 2 unspecified atom stereocenters. The molecule has 0 rings (SSSR count). The molecule has 1 N–H and O–H groups in total. The third kappa shape index (κ3) is 15.8. The van der Waals surface area contributed by atoms with E-state index in [1.165, 1.54) is 39.0 Å². The molecule has 0 aromatic heterocycles. The summed E-state index contributed by atoms with van der Waals surface area (Å²) in [5.74, 6) is 0. The second-order valence-electron chi connectivity index (χ2n) is 6.15. The summed E-state index contributed by atoms with van der Waals surface area (Å²) < 4.78 is 32.2. The van der Waals surface area contributed by atoms with E-state index in [1.54, 1.807) is 0 Å². The van der Waals surface area contributed by atoms with Crippen LogP contribution in [0.2, 0.25) is 0 Å². The van der Waals surface area contributed by atoms with Gasteiger partial charge in [0.2, 0.25) is 0 Å². The van der Waals surface area contributed by atoms with E-state index in [2.05, 4.69) is 6.92 Å². The van der Waals surface area contributed by atoms with Gasteiger partial charge in [0.15, 0.2) is 0 Å². The van der Waals surface area contributed by atoms with Gasteiger partial charge in [-0.2, -0.15) is 0 Å². The van der Waals surface area contributed by atoms with E-state index in [-0.39, 0.29) is 35.7 Å². The number of rotatable bonds is 14. The maximum atomic E-state index is 10.7. The van der Waals surface area contributed by atoms with E-state index in [4.69, 9.17) is 0 Å². The minimum Gasteiger partial charge on any atom is -0.748 e. The Morgan fingerprint density at radius 1 is 0.864 bits per heavy atom. The van der Waals surface area contributed by atoms with Crippen molar-refractivity contribution in [1.82, 2.24) is 0 Å². The molecule has 2 atom stereocenters. The van der Waals surface area contributed by atoms with Crippen LogP contribution < -0.4 is 29.6 Å². The predicted octanol–water partition coefficient (Wildman–Crippen LogP) is 0.986. The van der Waals surface area contributed by atoms with Crippen LogP contribution in [-0.4, -0.2) is 29.4 Å². The van der Waals surface area contributed by atoms with Gasteiger partial charge in [-0.15, -0.1) is 0 Å². The molecule has 0 fully saturated rings. The van der Waals surface area contributed by atoms with Gasteiger partial charge in [-0.1, -0.05) is 64.7 Å². The molecule has 0 aliphatic rings. The molecule has 0 amide bonds. The number of hydrogen-bond donors (Lipinski definition) is 1. The first-order valence-corrected chi connectivity index (χ1v) is 9.97. The topological polar surface area (TPSA) is 77.4 Å². The van der Waals surface area contributed by atoms with Crippen molar-refractivity contribution in [2.75, 3.05) is 0 Å². The van der Waals surface area contributed by atoms with Crippen molar-refractivity contribution in [3.8, 4) is 0 Å². The fourth-order valence-electron chi connectivity index (χ4n) is 2.44. The summed E-state index contributed by atoms with van der Waals surface area (Å²) in [6.45, 7) is 3.67. The maximum absolute atomic E-state index is 10.7. The predicted molar refractivity (Wildman–Crippen MR) is 86.2 cm³/mol. The molecule has 128 valence electrons. The standard InChI is InChI=1S/C16H34O4S.Na/c1-3-4-5-6-7-10-13-16(17)14-11-8-9-12-15(2)21(18,19)20;/h15-17H,3-14H2,1-2H3,(H,18,19,20);/q;+1/p-1. The fraction of sp³-hybridized carbons (Fsp3) is 1.00. The summed E-state index contributed by atoms with van der Waals surface area (Å²) in [5.41, 5.74) is 0. The molecule has 0 spiro atoms. The zero-order chi connectivity index (χ0) is 16.1. The van der Waals surface area contributed by atoms with Crippen LogP contribution in [0.5, 0.6) is 0 Å². The summed E-state index contributed by atoms with van der Waals surface area (Å²) >= 11 is 0. The summed E-state index contributed by atoms with van der Waals surface area (Å²) in [6, 6.07) is 0. The van der Waals surface area contributed by atoms with Gasteiger partial charge in [0.05, 0.1) is 16.2 Å². The van der Waals surface area contributed by atoms with E-state index in [0.717, 1.165) is 38.5 Å². The molecule has 0 saturated heterocycles.